The van der Waals surface area contributed by atoms with Crippen molar-refractivity contribution in [3.05, 3.63) is 23.5 Å². The summed E-state index contributed by atoms with van der Waals surface area (Å²) in [5, 5.41) is 9.16. The Hall–Kier alpha value is -2.23. The number of hydrogen-bond donors (Lipinski definition) is 0. The Kier molecular flexibility index (Phi) is 2.75. The predicted octanol–water partition coefficient (Wildman–Crippen LogP) is 2.42. The molecule has 0 unspecified atom stereocenters. The van der Waals surface area contributed by atoms with Crippen molar-refractivity contribution in [3.8, 4) is 11.8 Å². The molecule has 2 aliphatic heterocycles. The van der Waals surface area contributed by atoms with Gasteiger partial charge in [-0.05, 0) is 0 Å². The minimum Gasteiger partial charge on any atom is -0.487 e. The summed E-state index contributed by atoms with van der Waals surface area (Å²) in [5.41, 5.74) is 0.0234. The molecular formula is C16H15F2N3O2. The summed E-state index contributed by atoms with van der Waals surface area (Å²) in [4.78, 5) is 18.5. The van der Waals surface area contributed by atoms with Gasteiger partial charge in [0, 0.05) is 37.2 Å². The van der Waals surface area contributed by atoms with Gasteiger partial charge in [0.1, 0.15) is 23.5 Å². The zero-order valence-corrected chi connectivity index (χ0v) is 12.6. The average Bonchev–Trinajstić information content (AvgIpc) is 2.82. The van der Waals surface area contributed by atoms with Crippen molar-refractivity contribution in [2.75, 3.05) is 6.54 Å². The number of nitriles is 1. The van der Waals surface area contributed by atoms with Crippen molar-refractivity contribution in [2.45, 2.75) is 44.3 Å². The van der Waals surface area contributed by atoms with Gasteiger partial charge in [0.05, 0.1) is 18.0 Å². The number of amides is 1. The van der Waals surface area contributed by atoms with Crippen LogP contribution in [0, 0.1) is 16.7 Å². The lowest BCUT2D eigenvalue weighted by Gasteiger charge is -2.46. The maximum atomic E-state index is 13.2. The second-order valence-corrected chi connectivity index (χ2v) is 6.94. The molecule has 2 fully saturated rings. The van der Waals surface area contributed by atoms with Gasteiger partial charge in [0.2, 0.25) is 11.8 Å². The van der Waals surface area contributed by atoms with E-state index in [1.165, 1.54) is 6.20 Å². The molecule has 1 aromatic heterocycles. The van der Waals surface area contributed by atoms with Crippen molar-refractivity contribution in [2.24, 2.45) is 5.41 Å². The first-order valence-electron chi connectivity index (χ1n) is 7.56. The molecule has 1 aliphatic carbocycles. The fraction of sp³-hybridized carbons (Fsp3) is 0.562. The quantitative estimate of drug-likeness (QED) is 0.797. The lowest BCUT2D eigenvalue weighted by atomic mass is 9.66. The van der Waals surface area contributed by atoms with Crippen LogP contribution in [0.2, 0.25) is 0 Å². The van der Waals surface area contributed by atoms with E-state index in [9.17, 15) is 13.6 Å². The van der Waals surface area contributed by atoms with Crippen molar-refractivity contribution >= 4 is 5.91 Å². The molecule has 3 aliphatic rings. The van der Waals surface area contributed by atoms with Crippen LogP contribution in [0.5, 0.6) is 5.75 Å². The van der Waals surface area contributed by atoms with Crippen LogP contribution < -0.4 is 4.74 Å². The average molecular weight is 319 g/mol. The van der Waals surface area contributed by atoms with E-state index < -0.39 is 24.2 Å². The number of rotatable bonds is 1. The van der Waals surface area contributed by atoms with Gasteiger partial charge in [-0.15, -0.1) is 0 Å². The van der Waals surface area contributed by atoms with E-state index in [0.717, 1.165) is 0 Å². The van der Waals surface area contributed by atoms with Crippen molar-refractivity contribution in [1.82, 2.24) is 9.88 Å². The molecule has 1 saturated carbocycles. The number of alkyl halides is 2. The van der Waals surface area contributed by atoms with E-state index >= 15 is 0 Å². The van der Waals surface area contributed by atoms with E-state index in [1.807, 2.05) is 6.07 Å². The molecule has 4 rings (SSSR count). The molecular weight excluding hydrogens is 304 g/mol. The summed E-state index contributed by atoms with van der Waals surface area (Å²) in [7, 11) is 0. The summed E-state index contributed by atoms with van der Waals surface area (Å²) in [6.45, 7) is 1.96. The molecule has 2 bridgehead atoms. The minimum absolute atomic E-state index is 0.199. The summed E-state index contributed by atoms with van der Waals surface area (Å²) in [5.74, 6) is -2.53. The van der Waals surface area contributed by atoms with Gasteiger partial charge in [-0.1, -0.05) is 6.92 Å². The van der Waals surface area contributed by atoms with Crippen molar-refractivity contribution in [1.29, 1.82) is 5.26 Å². The van der Waals surface area contributed by atoms with Gasteiger partial charge < -0.3 is 9.64 Å². The zero-order valence-electron chi connectivity index (χ0n) is 12.6. The molecule has 1 saturated heterocycles. The van der Waals surface area contributed by atoms with E-state index in [1.54, 1.807) is 18.0 Å². The van der Waals surface area contributed by atoms with Gasteiger partial charge in [-0.2, -0.15) is 5.26 Å². The molecule has 0 N–H and O–H groups in total. The SMILES string of the molecule is CC1(C(=O)N2C[C@@H]3C[C@H]2c2cncc(C#N)c2O3)CC(F)(F)C1. The van der Waals surface area contributed by atoms with Crippen LogP contribution in [0.3, 0.4) is 0 Å². The lowest BCUT2D eigenvalue weighted by molar-refractivity contribution is -0.184. The van der Waals surface area contributed by atoms with Crippen LogP contribution >= 0.6 is 0 Å². The predicted molar refractivity (Wildman–Crippen MR) is 74.7 cm³/mol. The molecule has 1 amide bonds. The Bertz CT molecular complexity index is 735. The zero-order chi connectivity index (χ0) is 16.4. The number of halogens is 2. The van der Waals surface area contributed by atoms with E-state index in [4.69, 9.17) is 10.00 Å². The molecule has 5 nitrogen and oxygen atoms in total. The van der Waals surface area contributed by atoms with Crippen molar-refractivity contribution in [3.63, 3.8) is 0 Å². The Balaban J connectivity index is 1.66. The standard InChI is InChI=1S/C16H15F2N3O2/c1-15(7-16(17,18)8-15)14(22)21-6-10-2-12(21)11-5-20-4-9(3-19)13(11)23-10/h4-5,10,12H,2,6-8H2,1H3/t10-,12-/m0/s1. The smallest absolute Gasteiger partial charge is 0.250 e. The Morgan fingerprint density at radius 2 is 2.22 bits per heavy atom. The van der Waals surface area contributed by atoms with Crippen LogP contribution in [0.15, 0.2) is 12.4 Å². The fourth-order valence-corrected chi connectivity index (χ4v) is 4.07. The second kappa shape index (κ2) is 4.40. The first-order valence-corrected chi connectivity index (χ1v) is 7.56. The van der Waals surface area contributed by atoms with Gasteiger partial charge in [-0.25, -0.2) is 8.78 Å². The van der Waals surface area contributed by atoms with Gasteiger partial charge in [0.15, 0.2) is 0 Å². The lowest BCUT2D eigenvalue weighted by Crippen LogP contribution is -2.54. The number of pyridine rings is 1. The Morgan fingerprint density at radius 1 is 1.48 bits per heavy atom. The van der Waals surface area contributed by atoms with E-state index in [-0.39, 0.29) is 18.1 Å². The largest absolute Gasteiger partial charge is 0.487 e. The number of fused-ring (bicyclic) bond motifs is 4. The molecule has 120 valence electrons. The molecule has 0 spiro atoms. The van der Waals surface area contributed by atoms with Gasteiger partial charge in [-0.3, -0.25) is 9.78 Å². The first-order chi connectivity index (χ1) is 10.8. The molecule has 3 heterocycles. The third kappa shape index (κ3) is 2.01. The highest BCUT2D eigenvalue weighted by atomic mass is 19.3. The van der Waals surface area contributed by atoms with Gasteiger partial charge in [0.25, 0.3) is 0 Å². The molecule has 1 aromatic rings. The highest BCUT2D eigenvalue weighted by Crippen LogP contribution is 2.55. The topological polar surface area (TPSA) is 66.2 Å². The summed E-state index contributed by atoms with van der Waals surface area (Å²) in [6, 6.07) is 1.79. The number of hydrogen-bond acceptors (Lipinski definition) is 4. The third-order valence-corrected chi connectivity index (χ3v) is 5.03. The highest BCUT2D eigenvalue weighted by Gasteiger charge is 2.60. The summed E-state index contributed by atoms with van der Waals surface area (Å²) in [6.07, 6.45) is 2.63. The second-order valence-electron chi connectivity index (χ2n) is 6.94. The number of likely N-dealkylation sites (tertiary alicyclic amines) is 1. The summed E-state index contributed by atoms with van der Waals surface area (Å²) >= 11 is 0. The number of carbonyl (C=O) groups is 1. The molecule has 0 radical (unpaired) electrons. The number of nitrogens with zero attached hydrogens (tertiary/aromatic N) is 3. The van der Waals surface area contributed by atoms with Gasteiger partial charge >= 0.3 is 0 Å². The molecule has 7 heteroatoms. The summed E-state index contributed by atoms with van der Waals surface area (Å²) < 4.78 is 32.3. The maximum absolute atomic E-state index is 13.2. The van der Waals surface area contributed by atoms with Crippen LogP contribution in [-0.4, -0.2) is 34.4 Å². The maximum Gasteiger partial charge on any atom is 0.250 e. The fourth-order valence-electron chi connectivity index (χ4n) is 4.07. The third-order valence-electron chi connectivity index (χ3n) is 5.03. The Labute approximate surface area is 131 Å². The number of ether oxygens (including phenoxy) is 1. The van der Waals surface area contributed by atoms with E-state index in [2.05, 4.69) is 4.98 Å². The van der Waals surface area contributed by atoms with Crippen molar-refractivity contribution < 1.29 is 18.3 Å². The monoisotopic (exact) mass is 319 g/mol. The molecule has 0 aromatic carbocycles. The van der Waals surface area contributed by atoms with Crippen LogP contribution in [0.1, 0.15) is 43.4 Å². The van der Waals surface area contributed by atoms with E-state index in [0.29, 0.717) is 29.8 Å². The van der Waals surface area contributed by atoms with Crippen LogP contribution in [0.4, 0.5) is 8.78 Å². The molecule has 2 atom stereocenters. The first kappa shape index (κ1) is 14.4. The highest BCUT2D eigenvalue weighted by molar-refractivity contribution is 5.84. The van der Waals surface area contributed by atoms with Crippen LogP contribution in [0.25, 0.3) is 0 Å². The molecule has 23 heavy (non-hydrogen) atoms. The van der Waals surface area contributed by atoms with Crippen LogP contribution in [-0.2, 0) is 4.79 Å². The normalized spacial score (nSPS) is 29.0. The number of aromatic nitrogens is 1. The number of carbonyl (C=O) groups excluding carboxylic acids is 1. The minimum atomic E-state index is -2.75. The Morgan fingerprint density at radius 3 is 2.87 bits per heavy atom.